The highest BCUT2D eigenvalue weighted by Gasteiger charge is 2.23. The minimum absolute atomic E-state index is 0.0217. The summed E-state index contributed by atoms with van der Waals surface area (Å²) in [7, 11) is 0. The number of anilines is 2. The minimum Gasteiger partial charge on any atom is -0.383 e. The van der Waals surface area contributed by atoms with Crippen LogP contribution in [0.3, 0.4) is 0 Å². The maximum absolute atomic E-state index is 12.7. The van der Waals surface area contributed by atoms with E-state index in [0.717, 1.165) is 12.0 Å². The summed E-state index contributed by atoms with van der Waals surface area (Å²) in [6, 6.07) is 11.2. The second-order valence-electron chi connectivity index (χ2n) is 6.11. The third kappa shape index (κ3) is 5.27. The fourth-order valence-electron chi connectivity index (χ4n) is 2.70. The van der Waals surface area contributed by atoms with Gasteiger partial charge in [-0.05, 0) is 12.0 Å². The summed E-state index contributed by atoms with van der Waals surface area (Å²) in [5.74, 6) is -0.149. The van der Waals surface area contributed by atoms with Crippen molar-refractivity contribution in [2.24, 2.45) is 0 Å². The van der Waals surface area contributed by atoms with Crippen LogP contribution in [0.5, 0.6) is 0 Å². The smallest absolute Gasteiger partial charge is 0.330 e. The first kappa shape index (κ1) is 21.3. The van der Waals surface area contributed by atoms with Crippen molar-refractivity contribution in [1.82, 2.24) is 9.55 Å². The van der Waals surface area contributed by atoms with E-state index in [1.54, 1.807) is 0 Å². The van der Waals surface area contributed by atoms with Gasteiger partial charge in [-0.25, -0.2) is 4.79 Å². The summed E-state index contributed by atoms with van der Waals surface area (Å²) in [5, 5.41) is 8.66. The van der Waals surface area contributed by atoms with Gasteiger partial charge in [0.15, 0.2) is 5.69 Å². The van der Waals surface area contributed by atoms with Crippen molar-refractivity contribution < 1.29 is 4.79 Å². The molecule has 0 aliphatic carbocycles. The summed E-state index contributed by atoms with van der Waals surface area (Å²) < 4.78 is 1.25. The Kier molecular flexibility index (Phi) is 7.89. The summed E-state index contributed by atoms with van der Waals surface area (Å²) in [6.45, 7) is 2.45. The van der Waals surface area contributed by atoms with Gasteiger partial charge in [0.05, 0.1) is 24.1 Å². The highest BCUT2D eigenvalue weighted by molar-refractivity contribution is 8.00. The maximum Gasteiger partial charge on any atom is 0.330 e. The molecule has 1 heterocycles. The highest BCUT2D eigenvalue weighted by Crippen LogP contribution is 2.19. The summed E-state index contributed by atoms with van der Waals surface area (Å²) >= 11 is 1.17. The number of aromatic nitrogens is 2. The van der Waals surface area contributed by atoms with Crippen LogP contribution in [0.4, 0.5) is 11.5 Å². The van der Waals surface area contributed by atoms with Gasteiger partial charge < -0.3 is 10.6 Å². The molecule has 0 fully saturated rings. The first-order chi connectivity index (χ1) is 13.5. The fourth-order valence-corrected chi connectivity index (χ4v) is 3.22. The molecule has 2 rings (SSSR count). The number of unbranched alkanes of at least 4 members (excludes halogenated alkanes) is 1. The number of H-pyrrole nitrogens is 1. The molecular formula is C19H23N5O3S. The van der Waals surface area contributed by atoms with E-state index in [9.17, 15) is 14.4 Å². The quantitative estimate of drug-likeness (QED) is 0.614. The Labute approximate surface area is 167 Å². The van der Waals surface area contributed by atoms with E-state index in [1.165, 1.54) is 21.2 Å². The van der Waals surface area contributed by atoms with E-state index >= 15 is 0 Å². The number of nitrogens with zero attached hydrogens (tertiary/aromatic N) is 3. The van der Waals surface area contributed by atoms with E-state index in [-0.39, 0.29) is 35.5 Å². The topological polar surface area (TPSA) is 125 Å². The Bertz CT molecular complexity index is 962. The predicted octanol–water partition coefficient (Wildman–Crippen LogP) is 1.56. The number of amides is 1. The zero-order chi connectivity index (χ0) is 20.5. The van der Waals surface area contributed by atoms with Gasteiger partial charge in [-0.2, -0.15) is 5.26 Å². The Morgan fingerprint density at radius 2 is 2.04 bits per heavy atom. The molecule has 0 aliphatic rings. The number of nitrogens with two attached hydrogens (primary N) is 1. The molecule has 8 nitrogen and oxygen atoms in total. The van der Waals surface area contributed by atoms with Crippen molar-refractivity contribution in [3.8, 4) is 6.07 Å². The van der Waals surface area contributed by atoms with E-state index < -0.39 is 11.2 Å². The highest BCUT2D eigenvalue weighted by atomic mass is 32.2. The van der Waals surface area contributed by atoms with Crippen LogP contribution in [-0.2, 0) is 11.3 Å². The zero-order valence-electron chi connectivity index (χ0n) is 15.7. The van der Waals surface area contributed by atoms with Crippen molar-refractivity contribution in [1.29, 1.82) is 5.26 Å². The number of hydrogen-bond acceptors (Lipinski definition) is 6. The molecule has 1 aromatic heterocycles. The lowest BCUT2D eigenvalue weighted by molar-refractivity contribution is -0.116. The number of rotatable bonds is 9. The van der Waals surface area contributed by atoms with Crippen molar-refractivity contribution in [3.05, 3.63) is 56.7 Å². The average molecular weight is 401 g/mol. The first-order valence-electron chi connectivity index (χ1n) is 8.91. The van der Waals surface area contributed by atoms with Crippen LogP contribution in [0, 0.1) is 11.3 Å². The monoisotopic (exact) mass is 401 g/mol. The van der Waals surface area contributed by atoms with Crippen molar-refractivity contribution in [3.63, 3.8) is 0 Å². The molecule has 0 aliphatic heterocycles. The fraction of sp³-hybridized carbons (Fsp3) is 0.368. The lowest BCUT2D eigenvalue weighted by atomic mass is 10.2. The second-order valence-corrected chi connectivity index (χ2v) is 7.10. The maximum atomic E-state index is 12.7. The van der Waals surface area contributed by atoms with Gasteiger partial charge in [0.1, 0.15) is 5.82 Å². The Hall–Kier alpha value is -2.99. The summed E-state index contributed by atoms with van der Waals surface area (Å²) in [5.41, 5.74) is 5.68. The molecule has 0 saturated heterocycles. The standard InChI is InChI=1S/C19H23N5O3S/c1-2-3-10-23(15(25)13-28-11-9-20)16-17(21)24(19(27)22-18(16)26)12-14-7-5-4-6-8-14/h4-8H,2-3,10-13,21H2,1H3,(H,22,26,27). The van der Waals surface area contributed by atoms with Crippen LogP contribution >= 0.6 is 11.8 Å². The largest absolute Gasteiger partial charge is 0.383 e. The van der Waals surface area contributed by atoms with Crippen molar-refractivity contribution in [2.45, 2.75) is 26.3 Å². The molecule has 28 heavy (non-hydrogen) atoms. The number of thioether (sulfide) groups is 1. The van der Waals surface area contributed by atoms with Gasteiger partial charge in [-0.1, -0.05) is 43.7 Å². The minimum atomic E-state index is -0.693. The lowest BCUT2D eigenvalue weighted by Crippen LogP contribution is -2.42. The number of nitrogens with one attached hydrogen (secondary N) is 1. The SMILES string of the molecule is CCCCN(C(=O)CSCC#N)c1c(N)n(Cc2ccccc2)c(=O)[nH]c1=O. The molecule has 0 spiro atoms. The van der Waals surface area contributed by atoms with Crippen LogP contribution in [0.1, 0.15) is 25.3 Å². The van der Waals surface area contributed by atoms with E-state index in [2.05, 4.69) is 4.98 Å². The van der Waals surface area contributed by atoms with Crippen LogP contribution in [-0.4, -0.2) is 33.5 Å². The number of carbonyl (C=O) groups excluding carboxylic acids is 1. The average Bonchev–Trinajstić information content (AvgIpc) is 2.68. The third-order valence-electron chi connectivity index (χ3n) is 4.10. The number of benzene rings is 1. The van der Waals surface area contributed by atoms with Crippen LogP contribution in [0.15, 0.2) is 39.9 Å². The van der Waals surface area contributed by atoms with Crippen molar-refractivity contribution in [2.75, 3.05) is 28.7 Å². The first-order valence-corrected chi connectivity index (χ1v) is 10.1. The van der Waals surface area contributed by atoms with E-state index in [1.807, 2.05) is 43.3 Å². The number of carbonyl (C=O) groups is 1. The summed E-state index contributed by atoms with van der Waals surface area (Å²) in [4.78, 5) is 41.1. The molecule has 148 valence electrons. The normalized spacial score (nSPS) is 10.4. The Balaban J connectivity index is 2.46. The molecule has 9 heteroatoms. The molecule has 0 saturated carbocycles. The van der Waals surface area contributed by atoms with Gasteiger partial charge in [0.2, 0.25) is 5.91 Å². The molecule has 0 atom stereocenters. The van der Waals surface area contributed by atoms with Gasteiger partial charge in [-0.15, -0.1) is 11.8 Å². The third-order valence-corrected chi connectivity index (χ3v) is 4.88. The van der Waals surface area contributed by atoms with Gasteiger partial charge >= 0.3 is 5.69 Å². The number of nitriles is 1. The number of nitrogen functional groups attached to an aromatic ring is 1. The zero-order valence-corrected chi connectivity index (χ0v) is 16.5. The molecule has 0 radical (unpaired) electrons. The van der Waals surface area contributed by atoms with Gasteiger partial charge in [-0.3, -0.25) is 19.1 Å². The number of hydrogen-bond donors (Lipinski definition) is 2. The second kappa shape index (κ2) is 10.4. The molecule has 1 aromatic carbocycles. The molecular weight excluding hydrogens is 378 g/mol. The molecule has 3 N–H and O–H groups in total. The van der Waals surface area contributed by atoms with Crippen LogP contribution in [0.25, 0.3) is 0 Å². The van der Waals surface area contributed by atoms with Crippen LogP contribution in [0.2, 0.25) is 0 Å². The van der Waals surface area contributed by atoms with Crippen LogP contribution < -0.4 is 21.9 Å². The van der Waals surface area contributed by atoms with Gasteiger partial charge in [0, 0.05) is 6.54 Å². The van der Waals surface area contributed by atoms with E-state index in [4.69, 9.17) is 11.0 Å². The lowest BCUT2D eigenvalue weighted by Gasteiger charge is -2.24. The summed E-state index contributed by atoms with van der Waals surface area (Å²) in [6.07, 6.45) is 1.49. The molecule has 0 unspecified atom stereocenters. The number of aromatic amines is 1. The molecule has 1 amide bonds. The predicted molar refractivity (Wildman–Crippen MR) is 111 cm³/mol. The molecule has 0 bridgehead atoms. The molecule has 2 aromatic rings. The van der Waals surface area contributed by atoms with E-state index in [0.29, 0.717) is 13.0 Å². The van der Waals surface area contributed by atoms with Crippen molar-refractivity contribution >= 4 is 29.2 Å². The Morgan fingerprint density at radius 3 is 2.68 bits per heavy atom. The Morgan fingerprint density at radius 1 is 1.32 bits per heavy atom. The van der Waals surface area contributed by atoms with Gasteiger partial charge in [0.25, 0.3) is 5.56 Å².